The Hall–Kier alpha value is -2.55. The molecule has 0 heterocycles. The van der Waals surface area contributed by atoms with Crippen LogP contribution in [0.3, 0.4) is 0 Å². The van der Waals surface area contributed by atoms with Crippen molar-refractivity contribution >= 4 is 5.91 Å². The van der Waals surface area contributed by atoms with Crippen LogP contribution in [0.2, 0.25) is 0 Å². The van der Waals surface area contributed by atoms with Crippen molar-refractivity contribution in [1.29, 1.82) is 0 Å². The van der Waals surface area contributed by atoms with Gasteiger partial charge >= 0.3 is 12.4 Å². The van der Waals surface area contributed by atoms with Crippen LogP contribution >= 0.6 is 0 Å². The topological polar surface area (TPSA) is 49.3 Å². The van der Waals surface area contributed by atoms with Crippen LogP contribution in [0.4, 0.5) is 26.3 Å². The SMILES string of the molecule is O=C(CCCc1ccc(C(O)(C(F)(F)F)C(F)(F)F)cc1)NCc1ccccc1. The molecule has 0 saturated heterocycles. The van der Waals surface area contributed by atoms with Gasteiger partial charge in [0.05, 0.1) is 0 Å². The second-order valence-corrected chi connectivity index (χ2v) is 6.52. The van der Waals surface area contributed by atoms with E-state index in [2.05, 4.69) is 5.32 Å². The van der Waals surface area contributed by atoms with Gasteiger partial charge in [-0.1, -0.05) is 54.6 Å². The molecule has 0 unspecified atom stereocenters. The number of amides is 1. The Bertz CT molecular complexity index is 786. The number of nitrogens with one attached hydrogen (secondary N) is 1. The maximum absolute atomic E-state index is 12.9. The molecule has 0 spiro atoms. The van der Waals surface area contributed by atoms with Crippen molar-refractivity contribution in [2.45, 2.75) is 43.8 Å². The summed E-state index contributed by atoms with van der Waals surface area (Å²) < 4.78 is 77.2. The van der Waals surface area contributed by atoms with E-state index in [-0.39, 0.29) is 18.7 Å². The number of halogens is 6. The number of hydrogen-bond donors (Lipinski definition) is 2. The molecule has 2 aromatic carbocycles. The summed E-state index contributed by atoms with van der Waals surface area (Å²) in [7, 11) is 0. The zero-order valence-corrected chi connectivity index (χ0v) is 15.1. The number of aryl methyl sites for hydroxylation is 1. The molecule has 0 aliphatic carbocycles. The molecule has 29 heavy (non-hydrogen) atoms. The highest BCUT2D eigenvalue weighted by molar-refractivity contribution is 5.75. The number of carbonyl (C=O) groups is 1. The van der Waals surface area contributed by atoms with Gasteiger partial charge in [-0.05, 0) is 24.0 Å². The fraction of sp³-hybridized carbons (Fsp3) is 0.350. The molecule has 2 N–H and O–H groups in total. The van der Waals surface area contributed by atoms with Crippen LogP contribution in [0.15, 0.2) is 54.6 Å². The van der Waals surface area contributed by atoms with E-state index in [0.717, 1.165) is 17.7 Å². The normalized spacial score (nSPS) is 12.7. The van der Waals surface area contributed by atoms with Crippen LogP contribution in [0.25, 0.3) is 0 Å². The van der Waals surface area contributed by atoms with Crippen LogP contribution in [-0.2, 0) is 23.4 Å². The van der Waals surface area contributed by atoms with Crippen molar-refractivity contribution in [3.8, 4) is 0 Å². The van der Waals surface area contributed by atoms with E-state index in [4.69, 9.17) is 0 Å². The molecule has 1 amide bonds. The third-order valence-electron chi connectivity index (χ3n) is 4.39. The fourth-order valence-electron chi connectivity index (χ4n) is 2.74. The molecule has 0 aliphatic rings. The first-order valence-electron chi connectivity index (χ1n) is 8.71. The number of carbonyl (C=O) groups excluding carboxylic acids is 1. The molecule has 0 saturated carbocycles. The maximum Gasteiger partial charge on any atom is 0.430 e. The first-order valence-corrected chi connectivity index (χ1v) is 8.71. The van der Waals surface area contributed by atoms with Crippen molar-refractivity contribution in [3.05, 3.63) is 71.3 Å². The maximum atomic E-state index is 12.9. The molecule has 0 atom stereocenters. The minimum absolute atomic E-state index is 0.156. The van der Waals surface area contributed by atoms with E-state index in [0.29, 0.717) is 30.7 Å². The lowest BCUT2D eigenvalue weighted by Crippen LogP contribution is -2.53. The zero-order chi connectivity index (χ0) is 21.7. The number of hydrogen-bond acceptors (Lipinski definition) is 2. The quantitative estimate of drug-likeness (QED) is 0.643. The Balaban J connectivity index is 1.91. The van der Waals surface area contributed by atoms with Gasteiger partial charge in [0.25, 0.3) is 5.60 Å². The molecule has 158 valence electrons. The predicted molar refractivity (Wildman–Crippen MR) is 93.7 cm³/mol. The predicted octanol–water partition coefficient (Wildman–Crippen LogP) is 4.64. The Morgan fingerprint density at radius 2 is 1.38 bits per heavy atom. The average molecular weight is 419 g/mol. The lowest BCUT2D eigenvalue weighted by molar-refractivity contribution is -0.376. The number of benzene rings is 2. The Labute approximate surface area is 163 Å². The summed E-state index contributed by atoms with van der Waals surface area (Å²) in [6.07, 6.45) is -11.0. The van der Waals surface area contributed by atoms with Crippen LogP contribution in [0, 0.1) is 0 Å². The van der Waals surface area contributed by atoms with Gasteiger partial charge in [0.15, 0.2) is 0 Å². The molecular weight excluding hydrogens is 400 g/mol. The summed E-state index contributed by atoms with van der Waals surface area (Å²) in [5.41, 5.74) is -4.85. The summed E-state index contributed by atoms with van der Waals surface area (Å²) >= 11 is 0. The van der Waals surface area contributed by atoms with E-state index in [1.54, 1.807) is 0 Å². The first kappa shape index (κ1) is 22.7. The van der Waals surface area contributed by atoms with Gasteiger partial charge in [-0.25, -0.2) is 0 Å². The summed E-state index contributed by atoms with van der Waals surface area (Å²) in [5.74, 6) is -0.214. The molecular formula is C20H19F6NO2. The Morgan fingerprint density at radius 1 is 0.828 bits per heavy atom. The summed E-state index contributed by atoms with van der Waals surface area (Å²) in [5, 5.41) is 12.1. The van der Waals surface area contributed by atoms with Gasteiger partial charge in [-0.2, -0.15) is 26.3 Å². The Kier molecular flexibility index (Phi) is 6.94. The van der Waals surface area contributed by atoms with Crippen LogP contribution in [0.5, 0.6) is 0 Å². The minimum atomic E-state index is -5.91. The van der Waals surface area contributed by atoms with Crippen molar-refractivity contribution in [3.63, 3.8) is 0 Å². The molecule has 0 bridgehead atoms. The highest BCUT2D eigenvalue weighted by atomic mass is 19.4. The van der Waals surface area contributed by atoms with Gasteiger partial charge in [0, 0.05) is 18.5 Å². The summed E-state index contributed by atoms with van der Waals surface area (Å²) in [6, 6.07) is 12.6. The number of rotatable bonds is 7. The molecule has 0 aromatic heterocycles. The smallest absolute Gasteiger partial charge is 0.369 e. The number of aliphatic hydroxyl groups is 1. The molecule has 2 aromatic rings. The van der Waals surface area contributed by atoms with Gasteiger partial charge in [0.1, 0.15) is 0 Å². The molecule has 0 fully saturated rings. The summed E-state index contributed by atoms with van der Waals surface area (Å²) in [6.45, 7) is 0.363. The van der Waals surface area contributed by atoms with Gasteiger partial charge in [0.2, 0.25) is 5.91 Å². The first-order chi connectivity index (χ1) is 13.4. The molecule has 9 heteroatoms. The lowest BCUT2D eigenvalue weighted by Gasteiger charge is -2.32. The highest BCUT2D eigenvalue weighted by Crippen LogP contribution is 2.49. The van der Waals surface area contributed by atoms with Crippen LogP contribution in [0.1, 0.15) is 29.5 Å². The van der Waals surface area contributed by atoms with Crippen molar-refractivity contribution < 1.29 is 36.2 Å². The highest BCUT2D eigenvalue weighted by Gasteiger charge is 2.71. The second-order valence-electron chi connectivity index (χ2n) is 6.52. The van der Waals surface area contributed by atoms with Crippen molar-refractivity contribution in [1.82, 2.24) is 5.32 Å². The molecule has 2 rings (SSSR count). The number of alkyl halides is 6. The monoisotopic (exact) mass is 419 g/mol. The molecule has 0 radical (unpaired) electrons. The van der Waals surface area contributed by atoms with Gasteiger partial charge < -0.3 is 10.4 Å². The van der Waals surface area contributed by atoms with Gasteiger partial charge in [-0.15, -0.1) is 0 Å². The van der Waals surface area contributed by atoms with Crippen molar-refractivity contribution in [2.75, 3.05) is 0 Å². The van der Waals surface area contributed by atoms with Crippen LogP contribution in [-0.4, -0.2) is 23.4 Å². The lowest BCUT2D eigenvalue weighted by atomic mass is 9.91. The summed E-state index contributed by atoms with van der Waals surface area (Å²) in [4.78, 5) is 11.8. The minimum Gasteiger partial charge on any atom is -0.369 e. The largest absolute Gasteiger partial charge is 0.430 e. The van der Waals surface area contributed by atoms with Crippen LogP contribution < -0.4 is 5.32 Å². The Morgan fingerprint density at radius 3 is 1.90 bits per heavy atom. The second kappa shape index (κ2) is 8.86. The third-order valence-corrected chi connectivity index (χ3v) is 4.39. The van der Waals surface area contributed by atoms with Gasteiger partial charge in [-0.3, -0.25) is 4.79 Å². The third kappa shape index (κ3) is 5.50. The average Bonchev–Trinajstić information content (AvgIpc) is 2.65. The zero-order valence-electron chi connectivity index (χ0n) is 15.1. The fourth-order valence-corrected chi connectivity index (χ4v) is 2.74. The van der Waals surface area contributed by atoms with E-state index in [1.165, 1.54) is 0 Å². The molecule has 3 nitrogen and oxygen atoms in total. The van der Waals surface area contributed by atoms with Crippen molar-refractivity contribution in [2.24, 2.45) is 0 Å². The van der Waals surface area contributed by atoms with E-state index in [9.17, 15) is 36.2 Å². The van der Waals surface area contributed by atoms with E-state index >= 15 is 0 Å². The molecule has 0 aliphatic heterocycles. The van der Waals surface area contributed by atoms with E-state index in [1.807, 2.05) is 30.3 Å². The van der Waals surface area contributed by atoms with E-state index < -0.39 is 23.5 Å². The standard InChI is InChI=1S/C20H19F6NO2/c21-19(22,23)18(29,20(24,25)26)16-11-9-14(10-12-16)7-4-8-17(28)27-13-15-5-2-1-3-6-15/h1-3,5-6,9-12,29H,4,7-8,13H2,(H,27,28).